The molecule has 30 heavy (non-hydrogen) atoms. The number of rotatable bonds is 6. The van der Waals surface area contributed by atoms with Crippen molar-refractivity contribution in [1.29, 1.82) is 0 Å². The van der Waals surface area contributed by atoms with Crippen LogP contribution < -0.4 is 20.7 Å². The summed E-state index contributed by atoms with van der Waals surface area (Å²) in [5, 5.41) is 9.24. The SMILES string of the molecule is Cc1ccc(C)c(NC(=S)N[C@@H](NC(=O)COc2ccc(Cl)cc2Cl)C(Cl)(Cl)Cl)c1. The predicted octanol–water partition coefficient (Wildman–Crippen LogP) is 5.79. The fraction of sp³-hybridized carbons (Fsp3) is 0.263. The molecule has 2 aromatic rings. The second-order valence-electron chi connectivity index (χ2n) is 6.32. The van der Waals surface area contributed by atoms with Crippen molar-refractivity contribution in [2.24, 2.45) is 0 Å². The second-order valence-corrected chi connectivity index (χ2v) is 9.94. The Hall–Kier alpha value is -1.15. The minimum Gasteiger partial charge on any atom is -0.482 e. The van der Waals surface area contributed by atoms with E-state index in [0.29, 0.717) is 10.8 Å². The fourth-order valence-corrected chi connectivity index (χ4v) is 3.32. The number of thiocarbonyl (C=S) groups is 1. The van der Waals surface area contributed by atoms with Gasteiger partial charge in [0.2, 0.25) is 3.79 Å². The number of carbonyl (C=O) groups is 1. The molecule has 0 aliphatic heterocycles. The normalized spacial score (nSPS) is 12.1. The maximum atomic E-state index is 12.3. The summed E-state index contributed by atoms with van der Waals surface area (Å²) in [6.07, 6.45) is -1.12. The Labute approximate surface area is 205 Å². The summed E-state index contributed by atoms with van der Waals surface area (Å²) in [6.45, 7) is 3.52. The van der Waals surface area contributed by atoms with Crippen LogP contribution in [0.2, 0.25) is 10.0 Å². The number of alkyl halides is 3. The van der Waals surface area contributed by atoms with E-state index < -0.39 is 15.9 Å². The highest BCUT2D eigenvalue weighted by molar-refractivity contribution is 7.80. The van der Waals surface area contributed by atoms with Crippen molar-refractivity contribution in [2.45, 2.75) is 23.8 Å². The Morgan fingerprint density at radius 3 is 2.43 bits per heavy atom. The molecule has 0 saturated heterocycles. The molecule has 0 aromatic heterocycles. The summed E-state index contributed by atoms with van der Waals surface area (Å²) < 4.78 is 3.50. The summed E-state index contributed by atoms with van der Waals surface area (Å²) in [7, 11) is 0. The largest absolute Gasteiger partial charge is 0.482 e. The van der Waals surface area contributed by atoms with E-state index in [1.165, 1.54) is 6.07 Å². The molecule has 2 aromatic carbocycles. The summed E-state index contributed by atoms with van der Waals surface area (Å²) >= 11 is 35.1. The molecule has 0 aliphatic rings. The van der Waals surface area contributed by atoms with Crippen molar-refractivity contribution >= 4 is 86.9 Å². The predicted molar refractivity (Wildman–Crippen MR) is 129 cm³/mol. The van der Waals surface area contributed by atoms with Crippen LogP contribution in [0.1, 0.15) is 11.1 Å². The van der Waals surface area contributed by atoms with Crippen LogP contribution >= 0.6 is 70.2 Å². The first-order valence-corrected chi connectivity index (χ1v) is 10.8. The van der Waals surface area contributed by atoms with Gasteiger partial charge in [0.15, 0.2) is 11.7 Å². The van der Waals surface area contributed by atoms with E-state index in [-0.39, 0.29) is 16.7 Å². The third-order valence-corrected chi connectivity index (χ3v) is 5.21. The summed E-state index contributed by atoms with van der Waals surface area (Å²) in [5.74, 6) is -0.263. The highest BCUT2D eigenvalue weighted by Crippen LogP contribution is 2.30. The summed E-state index contributed by atoms with van der Waals surface area (Å²) in [6, 6.07) is 10.5. The first-order valence-electron chi connectivity index (χ1n) is 8.54. The van der Waals surface area contributed by atoms with Gasteiger partial charge in [-0.25, -0.2) is 0 Å². The van der Waals surface area contributed by atoms with Crippen LogP contribution in [0, 0.1) is 13.8 Å². The lowest BCUT2D eigenvalue weighted by molar-refractivity contribution is -0.123. The minimum atomic E-state index is -1.89. The Bertz CT molecular complexity index is 937. The number of hydrogen-bond acceptors (Lipinski definition) is 3. The number of aryl methyl sites for hydroxylation is 2. The van der Waals surface area contributed by atoms with E-state index >= 15 is 0 Å². The fourth-order valence-electron chi connectivity index (χ4n) is 2.30. The monoisotopic (exact) mass is 527 g/mol. The van der Waals surface area contributed by atoms with E-state index in [2.05, 4.69) is 16.0 Å². The van der Waals surface area contributed by atoms with Crippen molar-refractivity contribution in [3.8, 4) is 5.75 Å². The molecule has 0 spiro atoms. The molecule has 1 atom stereocenters. The van der Waals surface area contributed by atoms with E-state index in [1.807, 2.05) is 32.0 Å². The maximum absolute atomic E-state index is 12.3. The van der Waals surface area contributed by atoms with Gasteiger partial charge in [-0.05, 0) is 61.5 Å². The maximum Gasteiger partial charge on any atom is 0.259 e. The van der Waals surface area contributed by atoms with Crippen LogP contribution in [0.15, 0.2) is 36.4 Å². The van der Waals surface area contributed by atoms with Crippen molar-refractivity contribution < 1.29 is 9.53 Å². The van der Waals surface area contributed by atoms with Crippen LogP contribution in [-0.4, -0.2) is 27.6 Å². The molecular formula is C19H18Cl5N3O2S. The number of amides is 1. The van der Waals surface area contributed by atoms with Gasteiger partial charge in [-0.1, -0.05) is 70.1 Å². The highest BCUT2D eigenvalue weighted by atomic mass is 35.6. The minimum absolute atomic E-state index is 0.169. The van der Waals surface area contributed by atoms with Gasteiger partial charge in [0.05, 0.1) is 5.02 Å². The second kappa shape index (κ2) is 10.9. The number of hydrogen-bond donors (Lipinski definition) is 3. The number of nitrogens with one attached hydrogen (secondary N) is 3. The highest BCUT2D eigenvalue weighted by Gasteiger charge is 2.34. The van der Waals surface area contributed by atoms with Crippen LogP contribution in [0.4, 0.5) is 5.69 Å². The molecule has 0 aliphatic carbocycles. The standard InChI is InChI=1S/C19H18Cl5N3O2S/c1-10-3-4-11(2)14(7-10)25-18(30)27-17(19(22,23)24)26-16(28)9-29-15-6-5-12(20)8-13(15)21/h3-8,17H,9H2,1-2H3,(H,26,28)(H2,25,27,30)/t17-/m1/s1. The zero-order valence-electron chi connectivity index (χ0n) is 15.9. The Balaban J connectivity index is 1.98. The molecule has 0 saturated carbocycles. The average Bonchev–Trinajstić information content (AvgIpc) is 2.62. The number of halogens is 5. The van der Waals surface area contributed by atoms with Crippen molar-refractivity contribution in [3.05, 3.63) is 57.6 Å². The van der Waals surface area contributed by atoms with Crippen molar-refractivity contribution in [2.75, 3.05) is 11.9 Å². The van der Waals surface area contributed by atoms with Crippen LogP contribution in [-0.2, 0) is 4.79 Å². The molecular weight excluding hydrogens is 512 g/mol. The van der Waals surface area contributed by atoms with E-state index in [1.54, 1.807) is 12.1 Å². The van der Waals surface area contributed by atoms with Gasteiger partial charge in [-0.15, -0.1) is 0 Å². The lowest BCUT2D eigenvalue weighted by Gasteiger charge is -2.28. The molecule has 0 radical (unpaired) electrons. The van der Waals surface area contributed by atoms with Gasteiger partial charge in [0.25, 0.3) is 5.91 Å². The van der Waals surface area contributed by atoms with Gasteiger partial charge in [0.1, 0.15) is 11.9 Å². The Morgan fingerprint density at radius 1 is 1.10 bits per heavy atom. The average molecular weight is 530 g/mol. The third-order valence-electron chi connectivity index (χ3n) is 3.80. The lowest BCUT2D eigenvalue weighted by atomic mass is 10.1. The summed E-state index contributed by atoms with van der Waals surface area (Å²) in [5.41, 5.74) is 2.82. The molecule has 5 nitrogen and oxygen atoms in total. The van der Waals surface area contributed by atoms with Gasteiger partial charge in [-0.3, -0.25) is 4.79 Å². The molecule has 2 rings (SSSR count). The molecule has 0 bridgehead atoms. The number of carbonyl (C=O) groups excluding carboxylic acids is 1. The Kier molecular flexibility index (Phi) is 9.15. The smallest absolute Gasteiger partial charge is 0.259 e. The molecule has 3 N–H and O–H groups in total. The van der Waals surface area contributed by atoms with E-state index in [4.69, 9.17) is 75.0 Å². The van der Waals surface area contributed by atoms with Gasteiger partial charge < -0.3 is 20.7 Å². The van der Waals surface area contributed by atoms with Crippen LogP contribution in [0.5, 0.6) is 5.75 Å². The number of anilines is 1. The topological polar surface area (TPSA) is 62.4 Å². The first-order chi connectivity index (χ1) is 14.0. The number of benzene rings is 2. The Morgan fingerprint density at radius 2 is 1.80 bits per heavy atom. The molecule has 0 heterocycles. The zero-order valence-corrected chi connectivity index (χ0v) is 20.5. The zero-order chi connectivity index (χ0) is 22.5. The van der Waals surface area contributed by atoms with E-state index in [0.717, 1.165) is 16.8 Å². The van der Waals surface area contributed by atoms with Crippen molar-refractivity contribution in [1.82, 2.24) is 10.6 Å². The third kappa shape index (κ3) is 7.84. The van der Waals surface area contributed by atoms with Gasteiger partial charge in [0, 0.05) is 10.7 Å². The van der Waals surface area contributed by atoms with Crippen LogP contribution in [0.25, 0.3) is 0 Å². The molecule has 162 valence electrons. The molecule has 0 unspecified atom stereocenters. The van der Waals surface area contributed by atoms with Gasteiger partial charge in [-0.2, -0.15) is 0 Å². The molecule has 0 fully saturated rings. The van der Waals surface area contributed by atoms with Crippen LogP contribution in [0.3, 0.4) is 0 Å². The number of ether oxygens (including phenoxy) is 1. The first kappa shape index (κ1) is 25.1. The van der Waals surface area contributed by atoms with Gasteiger partial charge >= 0.3 is 0 Å². The lowest BCUT2D eigenvalue weighted by Crippen LogP contribution is -2.57. The van der Waals surface area contributed by atoms with Crippen molar-refractivity contribution in [3.63, 3.8) is 0 Å². The molecule has 11 heteroatoms. The quantitative estimate of drug-likeness (QED) is 0.251. The van der Waals surface area contributed by atoms with E-state index in [9.17, 15) is 4.79 Å². The summed E-state index contributed by atoms with van der Waals surface area (Å²) in [4.78, 5) is 12.3. The molecule has 1 amide bonds.